The van der Waals surface area contributed by atoms with E-state index in [1.54, 1.807) is 17.9 Å². The van der Waals surface area contributed by atoms with Crippen LogP contribution in [0.5, 0.6) is 0 Å². The number of carbonyl (C=O) groups excluding carboxylic acids is 1. The van der Waals surface area contributed by atoms with Gasteiger partial charge in [-0.15, -0.1) is 11.3 Å². The summed E-state index contributed by atoms with van der Waals surface area (Å²) in [6.07, 6.45) is 3.21. The lowest BCUT2D eigenvalue weighted by Gasteiger charge is -1.99. The van der Waals surface area contributed by atoms with Crippen LogP contribution in [0.15, 0.2) is 42.0 Å². The molecule has 3 heterocycles. The molecule has 0 aliphatic carbocycles. The molecule has 3 aromatic heterocycles. The third-order valence-electron chi connectivity index (χ3n) is 3.84. The number of nitrogens with one attached hydrogen (secondary N) is 2. The number of aryl methyl sites for hydroxylation is 2. The van der Waals surface area contributed by atoms with Crippen LogP contribution in [0, 0.1) is 6.92 Å². The molecule has 1 amide bonds. The summed E-state index contributed by atoms with van der Waals surface area (Å²) in [5.74, 6) is -0.209. The van der Waals surface area contributed by atoms with Crippen molar-refractivity contribution in [3.05, 3.63) is 53.3 Å². The van der Waals surface area contributed by atoms with Gasteiger partial charge in [0.05, 0.1) is 17.5 Å². The van der Waals surface area contributed by atoms with Crippen molar-refractivity contribution in [1.82, 2.24) is 19.7 Å². The number of thiazole rings is 1. The second-order valence-corrected chi connectivity index (χ2v) is 6.42. The van der Waals surface area contributed by atoms with E-state index in [0.29, 0.717) is 10.7 Å². The molecule has 0 saturated carbocycles. The van der Waals surface area contributed by atoms with Gasteiger partial charge >= 0.3 is 0 Å². The van der Waals surface area contributed by atoms with Crippen LogP contribution in [0.3, 0.4) is 0 Å². The Hall–Kier alpha value is -2.93. The first-order valence-corrected chi connectivity index (χ1v) is 8.33. The minimum absolute atomic E-state index is 0.209. The lowest BCUT2D eigenvalue weighted by Crippen LogP contribution is -2.10. The number of anilines is 1. The number of aromatic nitrogens is 4. The molecule has 7 heteroatoms. The Morgan fingerprint density at radius 2 is 2.17 bits per heavy atom. The maximum Gasteiger partial charge on any atom is 0.260 e. The number of rotatable bonds is 3. The number of benzene rings is 1. The van der Waals surface area contributed by atoms with Crippen LogP contribution in [0.1, 0.15) is 16.1 Å². The van der Waals surface area contributed by atoms with Crippen molar-refractivity contribution < 1.29 is 4.79 Å². The minimum Gasteiger partial charge on any atom is -0.358 e. The molecule has 0 aliphatic heterocycles. The number of H-pyrrole nitrogens is 1. The predicted molar refractivity (Wildman–Crippen MR) is 95.3 cm³/mol. The zero-order chi connectivity index (χ0) is 16.7. The largest absolute Gasteiger partial charge is 0.358 e. The number of hydrogen-bond acceptors (Lipinski definition) is 4. The summed E-state index contributed by atoms with van der Waals surface area (Å²) in [7, 11) is 1.78. The molecule has 0 saturated heterocycles. The molecule has 24 heavy (non-hydrogen) atoms. The Labute approximate surface area is 142 Å². The van der Waals surface area contributed by atoms with Gasteiger partial charge in [0.25, 0.3) is 5.91 Å². The third-order valence-corrected chi connectivity index (χ3v) is 4.60. The van der Waals surface area contributed by atoms with Gasteiger partial charge in [0, 0.05) is 40.8 Å². The highest BCUT2D eigenvalue weighted by Gasteiger charge is 2.15. The molecule has 0 bridgehead atoms. The molecule has 0 aliphatic rings. The highest BCUT2D eigenvalue weighted by atomic mass is 32.1. The van der Waals surface area contributed by atoms with E-state index in [1.807, 2.05) is 30.5 Å². The molecule has 0 atom stereocenters. The molecule has 0 unspecified atom stereocenters. The molecular weight excluding hydrogens is 322 g/mol. The molecule has 6 nitrogen and oxygen atoms in total. The molecule has 0 spiro atoms. The summed E-state index contributed by atoms with van der Waals surface area (Å²) in [4.78, 5) is 20.1. The summed E-state index contributed by atoms with van der Waals surface area (Å²) in [5, 5.41) is 10.5. The van der Waals surface area contributed by atoms with Crippen molar-refractivity contribution >= 4 is 33.3 Å². The fourth-order valence-electron chi connectivity index (χ4n) is 2.76. The van der Waals surface area contributed by atoms with Gasteiger partial charge in [-0.05, 0) is 13.0 Å². The standard InChI is InChI=1S/C17H15N5OS/c1-10-15(12-5-3-4-6-13(12)19-10)14-9-24-17(20-14)21-16(23)11-7-18-22(2)8-11/h3-9,19H,1-2H3,(H,20,21,23). The van der Waals surface area contributed by atoms with E-state index in [-0.39, 0.29) is 5.91 Å². The third kappa shape index (κ3) is 2.48. The number of fused-ring (bicyclic) bond motifs is 1. The Balaban J connectivity index is 1.65. The molecular formula is C17H15N5OS. The summed E-state index contributed by atoms with van der Waals surface area (Å²) in [6.45, 7) is 2.03. The van der Waals surface area contributed by atoms with Crippen LogP contribution in [0.4, 0.5) is 5.13 Å². The van der Waals surface area contributed by atoms with Gasteiger partial charge < -0.3 is 4.98 Å². The van der Waals surface area contributed by atoms with E-state index in [2.05, 4.69) is 26.4 Å². The summed E-state index contributed by atoms with van der Waals surface area (Å²) in [6, 6.07) is 8.13. The zero-order valence-corrected chi connectivity index (χ0v) is 14.0. The van der Waals surface area contributed by atoms with Crippen molar-refractivity contribution in [3.63, 3.8) is 0 Å². The van der Waals surface area contributed by atoms with Crippen LogP contribution in [0.2, 0.25) is 0 Å². The number of nitrogens with zero attached hydrogens (tertiary/aromatic N) is 3. The van der Waals surface area contributed by atoms with Crippen molar-refractivity contribution in [2.75, 3.05) is 5.32 Å². The Bertz CT molecular complexity index is 1040. The second-order valence-electron chi connectivity index (χ2n) is 5.57. The van der Waals surface area contributed by atoms with Gasteiger partial charge in [0.15, 0.2) is 5.13 Å². The fraction of sp³-hybridized carbons (Fsp3) is 0.118. The average Bonchev–Trinajstić information content (AvgIpc) is 3.25. The molecule has 0 radical (unpaired) electrons. The number of carbonyl (C=O) groups is 1. The highest BCUT2D eigenvalue weighted by molar-refractivity contribution is 7.14. The fourth-order valence-corrected chi connectivity index (χ4v) is 3.46. The summed E-state index contributed by atoms with van der Waals surface area (Å²) in [5.41, 5.74) is 4.59. The first-order valence-electron chi connectivity index (χ1n) is 7.45. The maximum absolute atomic E-state index is 12.2. The molecule has 4 rings (SSSR count). The number of para-hydroxylation sites is 1. The molecule has 2 N–H and O–H groups in total. The molecule has 0 fully saturated rings. The van der Waals surface area contributed by atoms with E-state index < -0.39 is 0 Å². The van der Waals surface area contributed by atoms with Crippen LogP contribution in [-0.2, 0) is 7.05 Å². The van der Waals surface area contributed by atoms with E-state index in [0.717, 1.165) is 27.9 Å². The van der Waals surface area contributed by atoms with Gasteiger partial charge in [-0.2, -0.15) is 5.10 Å². The first-order chi connectivity index (χ1) is 11.6. The molecule has 1 aromatic carbocycles. The number of aromatic amines is 1. The Morgan fingerprint density at radius 3 is 2.96 bits per heavy atom. The van der Waals surface area contributed by atoms with Crippen LogP contribution < -0.4 is 5.32 Å². The van der Waals surface area contributed by atoms with Crippen molar-refractivity contribution in [2.24, 2.45) is 7.05 Å². The second kappa shape index (κ2) is 5.61. The van der Waals surface area contributed by atoms with Gasteiger partial charge in [-0.3, -0.25) is 14.8 Å². The molecule has 120 valence electrons. The van der Waals surface area contributed by atoms with E-state index in [4.69, 9.17) is 0 Å². The average molecular weight is 337 g/mol. The highest BCUT2D eigenvalue weighted by Crippen LogP contribution is 2.33. The Kier molecular flexibility index (Phi) is 3.42. The number of amides is 1. The van der Waals surface area contributed by atoms with Gasteiger partial charge in [0.2, 0.25) is 0 Å². The SMILES string of the molecule is Cc1[nH]c2ccccc2c1-c1csc(NC(=O)c2cnn(C)c2)n1. The van der Waals surface area contributed by atoms with Gasteiger partial charge in [-0.1, -0.05) is 18.2 Å². The van der Waals surface area contributed by atoms with E-state index in [9.17, 15) is 4.79 Å². The monoisotopic (exact) mass is 337 g/mol. The summed E-state index contributed by atoms with van der Waals surface area (Å²) >= 11 is 1.41. The smallest absolute Gasteiger partial charge is 0.260 e. The quantitative estimate of drug-likeness (QED) is 0.600. The Morgan fingerprint density at radius 1 is 1.33 bits per heavy atom. The van der Waals surface area contributed by atoms with E-state index in [1.165, 1.54) is 17.5 Å². The first kappa shape index (κ1) is 14.6. The van der Waals surface area contributed by atoms with E-state index >= 15 is 0 Å². The van der Waals surface area contributed by atoms with Crippen LogP contribution in [0.25, 0.3) is 22.2 Å². The van der Waals surface area contributed by atoms with Crippen molar-refractivity contribution in [1.29, 1.82) is 0 Å². The van der Waals surface area contributed by atoms with Gasteiger partial charge in [0.1, 0.15) is 0 Å². The lowest BCUT2D eigenvalue weighted by atomic mass is 10.1. The minimum atomic E-state index is -0.209. The van der Waals surface area contributed by atoms with Crippen LogP contribution in [-0.4, -0.2) is 25.7 Å². The predicted octanol–water partition coefficient (Wildman–Crippen LogP) is 3.59. The zero-order valence-electron chi connectivity index (χ0n) is 13.2. The lowest BCUT2D eigenvalue weighted by molar-refractivity contribution is 0.102. The molecule has 4 aromatic rings. The van der Waals surface area contributed by atoms with Crippen molar-refractivity contribution in [2.45, 2.75) is 6.92 Å². The topological polar surface area (TPSA) is 75.6 Å². The number of hydrogen-bond donors (Lipinski definition) is 2. The van der Waals surface area contributed by atoms with Crippen LogP contribution >= 0.6 is 11.3 Å². The summed E-state index contributed by atoms with van der Waals surface area (Å²) < 4.78 is 1.59. The maximum atomic E-state index is 12.2. The normalized spacial score (nSPS) is 11.1. The van der Waals surface area contributed by atoms with Crippen molar-refractivity contribution in [3.8, 4) is 11.3 Å². The van der Waals surface area contributed by atoms with Gasteiger partial charge in [-0.25, -0.2) is 4.98 Å².